The number of nitrogens with one attached hydrogen (secondary N) is 2. The molecule has 0 bridgehead atoms. The van der Waals surface area contributed by atoms with E-state index in [1.54, 1.807) is 0 Å². The van der Waals surface area contributed by atoms with Crippen LogP contribution in [0, 0.1) is 11.8 Å². The fourth-order valence-corrected chi connectivity index (χ4v) is 2.90. The van der Waals surface area contributed by atoms with Crippen LogP contribution in [0.4, 0.5) is 4.79 Å². The van der Waals surface area contributed by atoms with Crippen molar-refractivity contribution in [3.63, 3.8) is 0 Å². The maximum Gasteiger partial charge on any atom is 0.332 e. The Bertz CT molecular complexity index is 353. The SMILES string of the molecule is CC1CCCC1CNC(=O)NC1(C(=O)O)CCOC1. The molecule has 2 aliphatic rings. The first kappa shape index (κ1) is 14.1. The van der Waals surface area contributed by atoms with Crippen molar-refractivity contribution in [2.75, 3.05) is 19.8 Å². The Hall–Kier alpha value is -1.30. The number of carboxylic acid groups (broad SMARTS) is 1. The predicted octanol–water partition coefficient (Wildman–Crippen LogP) is 0.965. The topological polar surface area (TPSA) is 87.7 Å². The molecule has 1 heterocycles. The number of hydrogen-bond donors (Lipinski definition) is 3. The van der Waals surface area contributed by atoms with Gasteiger partial charge in [0, 0.05) is 19.6 Å². The lowest BCUT2D eigenvalue weighted by Crippen LogP contribution is -2.58. The molecule has 0 aromatic heterocycles. The molecule has 2 fully saturated rings. The molecule has 2 amide bonds. The molecule has 108 valence electrons. The van der Waals surface area contributed by atoms with E-state index in [2.05, 4.69) is 17.6 Å². The van der Waals surface area contributed by atoms with Crippen LogP contribution in [0.5, 0.6) is 0 Å². The van der Waals surface area contributed by atoms with Gasteiger partial charge in [-0.05, 0) is 18.3 Å². The van der Waals surface area contributed by atoms with Gasteiger partial charge in [-0.3, -0.25) is 0 Å². The third-order valence-electron chi connectivity index (χ3n) is 4.35. The molecule has 6 heteroatoms. The standard InChI is InChI=1S/C13H22N2O4/c1-9-3-2-4-10(9)7-14-12(18)15-13(11(16)17)5-6-19-8-13/h9-10H,2-8H2,1H3,(H,16,17)(H2,14,15,18). The van der Waals surface area contributed by atoms with E-state index in [1.165, 1.54) is 12.8 Å². The number of amides is 2. The molecular weight excluding hydrogens is 248 g/mol. The van der Waals surface area contributed by atoms with Gasteiger partial charge in [0.2, 0.25) is 0 Å². The van der Waals surface area contributed by atoms with Crippen LogP contribution in [0.15, 0.2) is 0 Å². The van der Waals surface area contributed by atoms with Crippen LogP contribution in [0.3, 0.4) is 0 Å². The van der Waals surface area contributed by atoms with Gasteiger partial charge in [-0.2, -0.15) is 0 Å². The van der Waals surface area contributed by atoms with E-state index in [0.29, 0.717) is 31.4 Å². The molecular formula is C13H22N2O4. The van der Waals surface area contributed by atoms with E-state index in [4.69, 9.17) is 4.74 Å². The monoisotopic (exact) mass is 270 g/mol. The van der Waals surface area contributed by atoms with Crippen molar-refractivity contribution in [3.05, 3.63) is 0 Å². The van der Waals surface area contributed by atoms with Crippen LogP contribution >= 0.6 is 0 Å². The van der Waals surface area contributed by atoms with Crippen LogP contribution in [0.2, 0.25) is 0 Å². The van der Waals surface area contributed by atoms with Crippen LogP contribution < -0.4 is 10.6 Å². The third kappa shape index (κ3) is 3.18. The Balaban J connectivity index is 1.81. The van der Waals surface area contributed by atoms with Crippen molar-refractivity contribution in [2.24, 2.45) is 11.8 Å². The second-order valence-electron chi connectivity index (χ2n) is 5.69. The second kappa shape index (κ2) is 5.77. The van der Waals surface area contributed by atoms with Gasteiger partial charge in [0.25, 0.3) is 0 Å². The molecule has 3 unspecified atom stereocenters. The third-order valence-corrected chi connectivity index (χ3v) is 4.35. The Kier molecular flexibility index (Phi) is 4.29. The van der Waals surface area contributed by atoms with E-state index in [9.17, 15) is 14.7 Å². The van der Waals surface area contributed by atoms with Crippen molar-refractivity contribution >= 4 is 12.0 Å². The summed E-state index contributed by atoms with van der Waals surface area (Å²) >= 11 is 0. The number of aliphatic carboxylic acids is 1. The van der Waals surface area contributed by atoms with Gasteiger partial charge in [0.05, 0.1) is 6.61 Å². The molecule has 1 aliphatic heterocycles. The van der Waals surface area contributed by atoms with Crippen molar-refractivity contribution in [3.8, 4) is 0 Å². The molecule has 0 radical (unpaired) electrons. The van der Waals surface area contributed by atoms with Crippen molar-refractivity contribution in [1.29, 1.82) is 0 Å². The first-order chi connectivity index (χ1) is 9.03. The van der Waals surface area contributed by atoms with Gasteiger partial charge in [-0.25, -0.2) is 9.59 Å². The van der Waals surface area contributed by atoms with Crippen LogP contribution in [-0.4, -0.2) is 42.4 Å². The average Bonchev–Trinajstić information content (AvgIpc) is 2.97. The molecule has 1 saturated carbocycles. The fourth-order valence-electron chi connectivity index (χ4n) is 2.90. The van der Waals surface area contributed by atoms with E-state index in [0.717, 1.165) is 6.42 Å². The van der Waals surface area contributed by atoms with E-state index in [-0.39, 0.29) is 6.61 Å². The first-order valence-electron chi connectivity index (χ1n) is 6.91. The van der Waals surface area contributed by atoms with Crippen molar-refractivity contribution in [2.45, 2.75) is 38.1 Å². The Morgan fingerprint density at radius 1 is 1.42 bits per heavy atom. The van der Waals surface area contributed by atoms with E-state index in [1.807, 2.05) is 0 Å². The highest BCUT2D eigenvalue weighted by molar-refractivity contribution is 5.86. The summed E-state index contributed by atoms with van der Waals surface area (Å²) in [5.74, 6) is 0.101. The number of carboxylic acids is 1. The second-order valence-corrected chi connectivity index (χ2v) is 5.69. The number of carbonyl (C=O) groups is 2. The molecule has 0 aromatic rings. The molecule has 1 saturated heterocycles. The van der Waals surface area contributed by atoms with E-state index < -0.39 is 17.5 Å². The minimum atomic E-state index is -1.26. The van der Waals surface area contributed by atoms with Crippen LogP contribution in [0.1, 0.15) is 32.6 Å². The molecule has 0 aromatic carbocycles. The zero-order chi connectivity index (χ0) is 13.9. The summed E-state index contributed by atoms with van der Waals surface area (Å²) in [6, 6.07) is -0.410. The zero-order valence-electron chi connectivity index (χ0n) is 11.3. The summed E-state index contributed by atoms with van der Waals surface area (Å²) in [7, 11) is 0. The Morgan fingerprint density at radius 2 is 2.21 bits per heavy atom. The van der Waals surface area contributed by atoms with Gasteiger partial charge < -0.3 is 20.5 Å². The summed E-state index contributed by atoms with van der Waals surface area (Å²) in [6.07, 6.45) is 3.87. The quantitative estimate of drug-likeness (QED) is 0.710. The number of carbonyl (C=O) groups excluding carboxylic acids is 1. The minimum absolute atomic E-state index is 0.0373. The van der Waals surface area contributed by atoms with Gasteiger partial charge >= 0.3 is 12.0 Å². The highest BCUT2D eigenvalue weighted by atomic mass is 16.5. The summed E-state index contributed by atoms with van der Waals surface area (Å²) in [4.78, 5) is 23.1. The van der Waals surface area contributed by atoms with Gasteiger partial charge in [-0.15, -0.1) is 0 Å². The lowest BCUT2D eigenvalue weighted by Gasteiger charge is -2.24. The lowest BCUT2D eigenvalue weighted by molar-refractivity contribution is -0.144. The summed E-state index contributed by atoms with van der Waals surface area (Å²) in [5, 5.41) is 14.6. The molecule has 3 atom stereocenters. The number of urea groups is 1. The van der Waals surface area contributed by atoms with Crippen molar-refractivity contribution < 1.29 is 19.4 Å². The van der Waals surface area contributed by atoms with Crippen LogP contribution in [0.25, 0.3) is 0 Å². The first-order valence-corrected chi connectivity index (χ1v) is 6.91. The molecule has 6 nitrogen and oxygen atoms in total. The van der Waals surface area contributed by atoms with E-state index >= 15 is 0 Å². The molecule has 0 spiro atoms. The molecule has 3 N–H and O–H groups in total. The summed E-state index contributed by atoms with van der Waals surface area (Å²) in [6.45, 7) is 3.21. The smallest absolute Gasteiger partial charge is 0.332 e. The largest absolute Gasteiger partial charge is 0.479 e. The van der Waals surface area contributed by atoms with Gasteiger partial charge in [0.1, 0.15) is 0 Å². The number of ether oxygens (including phenoxy) is 1. The average molecular weight is 270 g/mol. The predicted molar refractivity (Wildman–Crippen MR) is 68.8 cm³/mol. The zero-order valence-corrected chi connectivity index (χ0v) is 11.3. The minimum Gasteiger partial charge on any atom is -0.479 e. The summed E-state index contributed by atoms with van der Waals surface area (Å²) in [5.41, 5.74) is -1.26. The number of rotatable bonds is 4. The maximum atomic E-state index is 11.8. The van der Waals surface area contributed by atoms with Gasteiger partial charge in [0.15, 0.2) is 5.54 Å². The highest BCUT2D eigenvalue weighted by Gasteiger charge is 2.44. The van der Waals surface area contributed by atoms with Crippen LogP contribution in [-0.2, 0) is 9.53 Å². The lowest BCUT2D eigenvalue weighted by atomic mass is 9.98. The normalized spacial score (nSPS) is 34.2. The molecule has 19 heavy (non-hydrogen) atoms. The van der Waals surface area contributed by atoms with Crippen molar-refractivity contribution in [1.82, 2.24) is 10.6 Å². The Labute approximate surface area is 112 Å². The maximum absolute atomic E-state index is 11.8. The fraction of sp³-hybridized carbons (Fsp3) is 0.846. The summed E-state index contributed by atoms with van der Waals surface area (Å²) < 4.78 is 5.09. The number of hydrogen-bond acceptors (Lipinski definition) is 3. The van der Waals surface area contributed by atoms with Gasteiger partial charge in [-0.1, -0.05) is 19.8 Å². The Morgan fingerprint density at radius 3 is 2.74 bits per heavy atom. The molecule has 2 rings (SSSR count). The molecule has 1 aliphatic carbocycles. The highest BCUT2D eigenvalue weighted by Crippen LogP contribution is 2.30.